The van der Waals surface area contributed by atoms with Gasteiger partial charge in [-0.15, -0.1) is 0 Å². The van der Waals surface area contributed by atoms with E-state index in [2.05, 4.69) is 10.1 Å². The minimum absolute atomic E-state index is 0.113. The highest BCUT2D eigenvalue weighted by atomic mass is 32.2. The van der Waals surface area contributed by atoms with Gasteiger partial charge in [-0.25, -0.2) is 4.79 Å². The number of carbonyl (C=O) groups excluding carboxylic acids is 4. The van der Waals surface area contributed by atoms with Crippen LogP contribution in [0.5, 0.6) is 0 Å². The maximum atomic E-state index is 11.6. The summed E-state index contributed by atoms with van der Waals surface area (Å²) in [6.07, 6.45) is 0. The Balaban J connectivity index is 4.55. The lowest BCUT2D eigenvalue weighted by Crippen LogP contribution is -2.47. The van der Waals surface area contributed by atoms with E-state index in [1.54, 1.807) is 6.92 Å². The summed E-state index contributed by atoms with van der Waals surface area (Å²) >= 11 is 0.783. The van der Waals surface area contributed by atoms with Crippen molar-refractivity contribution in [2.24, 2.45) is 0 Å². The molecule has 0 fully saturated rings. The van der Waals surface area contributed by atoms with Gasteiger partial charge in [-0.2, -0.15) is 0 Å². The van der Waals surface area contributed by atoms with Crippen LogP contribution in [0.4, 0.5) is 0 Å². The third kappa shape index (κ3) is 6.72. The summed E-state index contributed by atoms with van der Waals surface area (Å²) in [7, 11) is 0. The number of nitrogens with one attached hydrogen (secondary N) is 1. The van der Waals surface area contributed by atoms with E-state index in [0.717, 1.165) is 11.8 Å². The maximum absolute atomic E-state index is 11.6. The second kappa shape index (κ2) is 7.83. The molecule has 17 heavy (non-hydrogen) atoms. The molecule has 6 nitrogen and oxygen atoms in total. The highest BCUT2D eigenvalue weighted by Crippen LogP contribution is 2.04. The number of esters is 1. The molecule has 0 saturated carbocycles. The topological polar surface area (TPSA) is 89.5 Å². The molecule has 96 valence electrons. The van der Waals surface area contributed by atoms with Gasteiger partial charge >= 0.3 is 5.97 Å². The molecule has 1 amide bonds. The van der Waals surface area contributed by atoms with Gasteiger partial charge in [0.05, 0.1) is 12.4 Å². The average molecular weight is 261 g/mol. The first-order chi connectivity index (χ1) is 7.88. The Morgan fingerprint density at radius 3 is 2.24 bits per heavy atom. The maximum Gasteiger partial charge on any atom is 0.336 e. The number of hydrogen-bond acceptors (Lipinski definition) is 6. The normalized spacial score (nSPS) is 11.5. The van der Waals surface area contributed by atoms with Crippen molar-refractivity contribution in [3.05, 3.63) is 0 Å². The van der Waals surface area contributed by atoms with Crippen molar-refractivity contribution in [2.75, 3.05) is 12.4 Å². The van der Waals surface area contributed by atoms with E-state index in [1.807, 2.05) is 0 Å². The first kappa shape index (κ1) is 15.6. The molecule has 0 unspecified atom stereocenters. The summed E-state index contributed by atoms with van der Waals surface area (Å²) in [6.45, 7) is 4.22. The van der Waals surface area contributed by atoms with E-state index < -0.39 is 23.7 Å². The van der Waals surface area contributed by atoms with Gasteiger partial charge < -0.3 is 10.1 Å². The molecule has 0 aromatic rings. The third-order valence-electron chi connectivity index (χ3n) is 1.61. The van der Waals surface area contributed by atoms with Crippen molar-refractivity contribution in [1.82, 2.24) is 5.32 Å². The van der Waals surface area contributed by atoms with Gasteiger partial charge in [0.15, 0.2) is 16.9 Å². The van der Waals surface area contributed by atoms with Gasteiger partial charge in [0.2, 0.25) is 5.91 Å². The molecule has 0 bridgehead atoms. The van der Waals surface area contributed by atoms with Crippen LogP contribution in [-0.4, -0.2) is 41.2 Å². The van der Waals surface area contributed by atoms with Gasteiger partial charge in [0, 0.05) is 13.8 Å². The van der Waals surface area contributed by atoms with Gasteiger partial charge in [0.25, 0.3) is 0 Å². The average Bonchev–Trinajstić information content (AvgIpc) is 2.22. The summed E-state index contributed by atoms with van der Waals surface area (Å²) in [5.74, 6) is -2.04. The Bertz CT molecular complexity index is 329. The monoisotopic (exact) mass is 261 g/mol. The predicted molar refractivity (Wildman–Crippen MR) is 62.4 cm³/mol. The molecule has 0 radical (unpaired) electrons. The number of amides is 1. The summed E-state index contributed by atoms with van der Waals surface area (Å²) in [4.78, 5) is 44.6. The molecule has 1 N–H and O–H groups in total. The van der Waals surface area contributed by atoms with Crippen LogP contribution in [0, 0.1) is 0 Å². The lowest BCUT2D eigenvalue weighted by atomic mass is 10.2. The number of carbonyl (C=O) groups is 4. The molecule has 0 heterocycles. The van der Waals surface area contributed by atoms with Gasteiger partial charge in [0.1, 0.15) is 0 Å². The highest BCUT2D eigenvalue weighted by molar-refractivity contribution is 8.14. The van der Waals surface area contributed by atoms with Crippen LogP contribution in [0.25, 0.3) is 0 Å². The second-order valence-electron chi connectivity index (χ2n) is 3.13. The Morgan fingerprint density at radius 1 is 1.24 bits per heavy atom. The third-order valence-corrected chi connectivity index (χ3v) is 2.44. The van der Waals surface area contributed by atoms with Crippen molar-refractivity contribution >= 4 is 34.5 Å². The highest BCUT2D eigenvalue weighted by Gasteiger charge is 2.28. The Hall–Kier alpha value is -1.37. The number of hydrogen-bond donors (Lipinski definition) is 1. The van der Waals surface area contributed by atoms with Crippen LogP contribution >= 0.6 is 11.8 Å². The first-order valence-corrected chi connectivity index (χ1v) is 5.96. The minimum Gasteiger partial charge on any atom is -0.464 e. The van der Waals surface area contributed by atoms with E-state index in [4.69, 9.17) is 0 Å². The zero-order chi connectivity index (χ0) is 13.4. The molecule has 0 saturated heterocycles. The number of ketones is 1. The van der Waals surface area contributed by atoms with Crippen LogP contribution in [0.3, 0.4) is 0 Å². The summed E-state index contributed by atoms with van der Waals surface area (Å²) in [5, 5.41) is 1.97. The Kier molecular flexibility index (Phi) is 7.20. The molecule has 7 heteroatoms. The van der Waals surface area contributed by atoms with E-state index in [-0.39, 0.29) is 17.5 Å². The lowest BCUT2D eigenvalue weighted by molar-refractivity contribution is -0.150. The predicted octanol–water partition coefficient (Wildman–Crippen LogP) is -0.0970. The molecular formula is C10H15NO5S. The van der Waals surface area contributed by atoms with E-state index in [1.165, 1.54) is 13.8 Å². The zero-order valence-corrected chi connectivity index (χ0v) is 10.8. The van der Waals surface area contributed by atoms with Gasteiger partial charge in [-0.1, -0.05) is 11.8 Å². The second-order valence-corrected chi connectivity index (χ2v) is 4.28. The number of thioether (sulfide) groups is 1. The van der Waals surface area contributed by atoms with Crippen molar-refractivity contribution < 1.29 is 23.9 Å². The molecule has 0 aromatic heterocycles. The fraction of sp³-hybridized carbons (Fsp3) is 0.600. The molecule has 0 rings (SSSR count). The number of rotatable bonds is 6. The number of ether oxygens (including phenoxy) is 1. The summed E-state index contributed by atoms with van der Waals surface area (Å²) in [6, 6.07) is -1.33. The Morgan fingerprint density at radius 2 is 1.82 bits per heavy atom. The molecule has 0 aliphatic heterocycles. The molecule has 0 spiro atoms. The van der Waals surface area contributed by atoms with Crippen molar-refractivity contribution in [1.29, 1.82) is 0 Å². The molecule has 1 atom stereocenters. The minimum atomic E-state index is -1.33. The SMILES string of the molecule is CCOC(=O)[C@@H](NC(C)=O)C(=O)CSC(C)=O. The van der Waals surface area contributed by atoms with Gasteiger partial charge in [-0.05, 0) is 6.92 Å². The fourth-order valence-electron chi connectivity index (χ4n) is 0.956. The van der Waals surface area contributed by atoms with Crippen LogP contribution < -0.4 is 5.32 Å². The summed E-state index contributed by atoms with van der Waals surface area (Å²) in [5.41, 5.74) is 0. The van der Waals surface area contributed by atoms with Crippen molar-refractivity contribution in [3.63, 3.8) is 0 Å². The number of Topliss-reactive ketones (excluding diaryl/α,β-unsaturated/α-hetero) is 1. The fourth-order valence-corrected chi connectivity index (χ4v) is 1.47. The standard InChI is InChI=1S/C10H15NO5S/c1-4-16-10(15)9(11-6(2)12)8(14)5-17-7(3)13/h9H,4-5H2,1-3H3,(H,11,12)/t9-/m0/s1. The quantitative estimate of drug-likeness (QED) is 0.530. The van der Waals surface area contributed by atoms with E-state index in [9.17, 15) is 19.2 Å². The smallest absolute Gasteiger partial charge is 0.336 e. The molecular weight excluding hydrogens is 246 g/mol. The van der Waals surface area contributed by atoms with Crippen molar-refractivity contribution in [2.45, 2.75) is 26.8 Å². The zero-order valence-electron chi connectivity index (χ0n) is 9.94. The summed E-state index contributed by atoms with van der Waals surface area (Å²) < 4.78 is 4.66. The van der Waals surface area contributed by atoms with Crippen LogP contribution in [0.2, 0.25) is 0 Å². The van der Waals surface area contributed by atoms with E-state index in [0.29, 0.717) is 0 Å². The van der Waals surface area contributed by atoms with Crippen LogP contribution in [0.15, 0.2) is 0 Å². The van der Waals surface area contributed by atoms with Crippen LogP contribution in [0.1, 0.15) is 20.8 Å². The molecule has 0 aliphatic rings. The lowest BCUT2D eigenvalue weighted by Gasteiger charge is -2.14. The van der Waals surface area contributed by atoms with Crippen molar-refractivity contribution in [3.8, 4) is 0 Å². The van der Waals surface area contributed by atoms with Gasteiger partial charge in [-0.3, -0.25) is 14.4 Å². The molecule has 0 aliphatic carbocycles. The first-order valence-electron chi connectivity index (χ1n) is 4.98. The largest absolute Gasteiger partial charge is 0.464 e. The molecule has 0 aromatic carbocycles. The Labute approximate surface area is 103 Å². The van der Waals surface area contributed by atoms with E-state index >= 15 is 0 Å². The van der Waals surface area contributed by atoms with Crippen LogP contribution in [-0.2, 0) is 23.9 Å².